The van der Waals surface area contributed by atoms with Crippen molar-refractivity contribution in [3.8, 4) is 0 Å². The number of hydrogen-bond donors (Lipinski definition) is 0. The van der Waals surface area contributed by atoms with Crippen LogP contribution in [0.4, 0.5) is 0 Å². The van der Waals surface area contributed by atoms with E-state index in [1.54, 1.807) is 32.9 Å². The van der Waals surface area contributed by atoms with Crippen LogP contribution in [0.3, 0.4) is 0 Å². The third kappa shape index (κ3) is 3.32. The summed E-state index contributed by atoms with van der Waals surface area (Å²) in [4.78, 5) is 30.4. The smallest absolute Gasteiger partial charge is 0.331 e. The second-order valence-corrected chi connectivity index (χ2v) is 8.42. The lowest BCUT2D eigenvalue weighted by molar-refractivity contribution is -0.159. The summed E-state index contributed by atoms with van der Waals surface area (Å²) in [5.41, 5.74) is 0.0825. The first-order chi connectivity index (χ1) is 11.6. The largest absolute Gasteiger partial charge is 0.467 e. The molecule has 1 aromatic carbocycles. The number of carbonyl (C=O) groups excluding carboxylic acids is 2. The van der Waals surface area contributed by atoms with E-state index in [1.807, 2.05) is 0 Å². The van der Waals surface area contributed by atoms with Crippen LogP contribution in [0, 0.1) is 0 Å². The number of nitrogens with zero attached hydrogens (tertiary/aromatic N) is 1. The number of ether oxygens (including phenoxy) is 1. The molecule has 0 saturated heterocycles. The van der Waals surface area contributed by atoms with Crippen molar-refractivity contribution in [1.29, 1.82) is 0 Å². The van der Waals surface area contributed by atoms with E-state index in [-0.39, 0.29) is 21.8 Å². The number of hydroxylamine groups is 2. The molecular weight excluding hydrogens is 346 g/mol. The number of ketones is 1. The summed E-state index contributed by atoms with van der Waals surface area (Å²) < 4.78 is 29.9. The van der Waals surface area contributed by atoms with Gasteiger partial charge in [-0.3, -0.25) is 4.79 Å². The molecule has 0 saturated carbocycles. The van der Waals surface area contributed by atoms with Crippen molar-refractivity contribution in [2.24, 2.45) is 0 Å². The summed E-state index contributed by atoms with van der Waals surface area (Å²) in [7, 11) is -0.957. The van der Waals surface area contributed by atoms with Gasteiger partial charge >= 0.3 is 5.97 Å². The normalized spacial score (nSPS) is 18.4. The molecule has 25 heavy (non-hydrogen) atoms. The number of sulfone groups is 1. The van der Waals surface area contributed by atoms with Crippen LogP contribution in [-0.4, -0.2) is 50.7 Å². The number of carbonyl (C=O) groups is 2. The Labute approximate surface area is 147 Å². The van der Waals surface area contributed by atoms with E-state index in [1.165, 1.54) is 31.4 Å². The Morgan fingerprint density at radius 1 is 1.24 bits per heavy atom. The molecule has 0 bridgehead atoms. The second kappa shape index (κ2) is 6.97. The van der Waals surface area contributed by atoms with Crippen molar-refractivity contribution >= 4 is 21.6 Å². The molecule has 1 aromatic rings. The predicted octanol–water partition coefficient (Wildman–Crippen LogP) is 1.74. The van der Waals surface area contributed by atoms with Gasteiger partial charge in [0.25, 0.3) is 0 Å². The van der Waals surface area contributed by atoms with Crippen LogP contribution in [0.2, 0.25) is 0 Å². The SMILES string of the molecule is COC(=O)C1C(C(=O)c2ccccc2S(=O)(=O)C(C)C)=C(C)ON1C. The maximum atomic E-state index is 13.1. The van der Waals surface area contributed by atoms with E-state index in [2.05, 4.69) is 0 Å². The van der Waals surface area contributed by atoms with Crippen LogP contribution >= 0.6 is 0 Å². The number of Topliss-reactive ketones (excluding diaryl/α,β-unsaturated/α-hetero) is 1. The van der Waals surface area contributed by atoms with Crippen molar-refractivity contribution in [3.63, 3.8) is 0 Å². The molecule has 8 heteroatoms. The van der Waals surface area contributed by atoms with Crippen molar-refractivity contribution < 1.29 is 27.6 Å². The average Bonchev–Trinajstić information content (AvgIpc) is 2.87. The minimum Gasteiger partial charge on any atom is -0.467 e. The maximum Gasteiger partial charge on any atom is 0.331 e. The highest BCUT2D eigenvalue weighted by molar-refractivity contribution is 7.92. The molecule has 1 aliphatic rings. The Kier molecular flexibility index (Phi) is 5.34. The van der Waals surface area contributed by atoms with Crippen molar-refractivity contribution in [2.45, 2.75) is 37.0 Å². The lowest BCUT2D eigenvalue weighted by Crippen LogP contribution is -2.38. The summed E-state index contributed by atoms with van der Waals surface area (Å²) in [6.45, 7) is 4.64. The first kappa shape index (κ1) is 19.1. The van der Waals surface area contributed by atoms with Gasteiger partial charge in [0, 0.05) is 12.6 Å². The standard InChI is InChI=1S/C17H21NO6S/c1-10(2)25(21,22)13-9-7-6-8-12(13)16(19)14-11(3)24-18(4)15(14)17(20)23-5/h6-10,15H,1-5H3. The summed E-state index contributed by atoms with van der Waals surface area (Å²) in [6, 6.07) is 4.92. The fourth-order valence-electron chi connectivity index (χ4n) is 2.66. The fraction of sp³-hybridized carbons (Fsp3) is 0.412. The number of benzene rings is 1. The molecule has 1 heterocycles. The average molecular weight is 367 g/mol. The lowest BCUT2D eigenvalue weighted by Gasteiger charge is -2.18. The Bertz CT molecular complexity index is 840. The number of hydrogen-bond acceptors (Lipinski definition) is 7. The lowest BCUT2D eigenvalue weighted by atomic mass is 9.96. The van der Waals surface area contributed by atoms with Crippen LogP contribution in [0.5, 0.6) is 0 Å². The highest BCUT2D eigenvalue weighted by Crippen LogP contribution is 2.31. The van der Waals surface area contributed by atoms with Gasteiger partial charge in [0.15, 0.2) is 21.7 Å². The molecule has 0 radical (unpaired) electrons. The van der Waals surface area contributed by atoms with Gasteiger partial charge in [-0.1, -0.05) is 12.1 Å². The van der Waals surface area contributed by atoms with Gasteiger partial charge in [-0.2, -0.15) is 0 Å². The molecule has 7 nitrogen and oxygen atoms in total. The van der Waals surface area contributed by atoms with Crippen LogP contribution in [0.15, 0.2) is 40.5 Å². The molecule has 0 aromatic heterocycles. The van der Waals surface area contributed by atoms with E-state index in [0.29, 0.717) is 0 Å². The molecule has 1 aliphatic heterocycles. The van der Waals surface area contributed by atoms with Gasteiger partial charge in [-0.25, -0.2) is 13.2 Å². The molecule has 0 amide bonds. The molecule has 0 N–H and O–H groups in total. The van der Waals surface area contributed by atoms with Gasteiger partial charge in [-0.05, 0) is 32.9 Å². The molecule has 1 atom stereocenters. The third-order valence-electron chi connectivity index (χ3n) is 4.03. The van der Waals surface area contributed by atoms with E-state index in [4.69, 9.17) is 9.57 Å². The Morgan fingerprint density at radius 2 is 1.84 bits per heavy atom. The highest BCUT2D eigenvalue weighted by atomic mass is 32.2. The van der Waals surface area contributed by atoms with Crippen LogP contribution in [0.1, 0.15) is 31.1 Å². The molecule has 0 spiro atoms. The van der Waals surface area contributed by atoms with Gasteiger partial charge in [0.1, 0.15) is 5.76 Å². The topological polar surface area (TPSA) is 90.0 Å². The van der Waals surface area contributed by atoms with E-state index >= 15 is 0 Å². The molecule has 1 unspecified atom stereocenters. The Balaban J connectivity index is 2.59. The van der Waals surface area contributed by atoms with E-state index in [0.717, 1.165) is 0 Å². The Hall–Kier alpha value is -2.19. The second-order valence-electron chi connectivity index (χ2n) is 5.95. The van der Waals surface area contributed by atoms with Gasteiger partial charge in [-0.15, -0.1) is 5.06 Å². The summed E-state index contributed by atoms with van der Waals surface area (Å²) in [5, 5.41) is 0.531. The predicted molar refractivity (Wildman–Crippen MR) is 90.4 cm³/mol. The van der Waals surface area contributed by atoms with Crippen LogP contribution in [0.25, 0.3) is 0 Å². The monoisotopic (exact) mass is 367 g/mol. The number of esters is 1. The van der Waals surface area contributed by atoms with E-state index < -0.39 is 32.9 Å². The molecule has 0 aliphatic carbocycles. The summed E-state index contributed by atoms with van der Waals surface area (Å²) in [6.07, 6.45) is 0. The van der Waals surface area contributed by atoms with Crippen molar-refractivity contribution in [2.75, 3.05) is 14.2 Å². The molecular formula is C17H21NO6S. The quantitative estimate of drug-likeness (QED) is 0.578. The fourth-order valence-corrected chi connectivity index (χ4v) is 3.90. The minimum atomic E-state index is -3.67. The van der Waals surface area contributed by atoms with Gasteiger partial charge < -0.3 is 9.57 Å². The number of allylic oxidation sites excluding steroid dienone is 1. The number of rotatable bonds is 5. The zero-order chi connectivity index (χ0) is 18.9. The third-order valence-corrected chi connectivity index (χ3v) is 6.24. The Morgan fingerprint density at radius 3 is 2.40 bits per heavy atom. The summed E-state index contributed by atoms with van der Waals surface area (Å²) >= 11 is 0. The number of methoxy groups -OCH3 is 1. The summed E-state index contributed by atoms with van der Waals surface area (Å²) in [5.74, 6) is -0.997. The van der Waals surface area contributed by atoms with Crippen molar-refractivity contribution in [3.05, 3.63) is 41.2 Å². The first-order valence-electron chi connectivity index (χ1n) is 7.70. The number of likely N-dealkylation sites (N-methyl/N-ethyl adjacent to an activating group) is 1. The highest BCUT2D eigenvalue weighted by Gasteiger charge is 2.42. The van der Waals surface area contributed by atoms with Gasteiger partial charge in [0.05, 0.1) is 22.8 Å². The molecule has 136 valence electrons. The van der Waals surface area contributed by atoms with Gasteiger partial charge in [0.2, 0.25) is 0 Å². The zero-order valence-corrected chi connectivity index (χ0v) is 15.6. The molecule has 0 fully saturated rings. The molecule has 2 rings (SSSR count). The van der Waals surface area contributed by atoms with Crippen LogP contribution < -0.4 is 0 Å². The van der Waals surface area contributed by atoms with Crippen LogP contribution in [-0.2, 0) is 24.2 Å². The minimum absolute atomic E-state index is 0.0124. The van der Waals surface area contributed by atoms with E-state index in [9.17, 15) is 18.0 Å². The maximum absolute atomic E-state index is 13.1. The van der Waals surface area contributed by atoms with Crippen molar-refractivity contribution in [1.82, 2.24) is 5.06 Å². The zero-order valence-electron chi connectivity index (χ0n) is 14.8. The first-order valence-corrected chi connectivity index (χ1v) is 9.24.